The Kier molecular flexibility index (Phi) is 5.24. The van der Waals surface area contributed by atoms with Gasteiger partial charge in [-0.25, -0.2) is 4.98 Å². The number of hydrogen-bond acceptors (Lipinski definition) is 4. The molecule has 0 radical (unpaired) electrons. The lowest BCUT2D eigenvalue weighted by Gasteiger charge is -2.12. The van der Waals surface area contributed by atoms with E-state index in [9.17, 15) is 4.79 Å². The third-order valence-corrected chi connectivity index (χ3v) is 4.15. The molecule has 0 bridgehead atoms. The van der Waals surface area contributed by atoms with Crippen LogP contribution in [0, 0.1) is 20.8 Å². The number of aryl methyl sites for hydroxylation is 3. The molecule has 6 heteroatoms. The standard InChI is InChI=1S/C16H22N4OS/c1-9(2)15-18-16(20-19-15)22-8-13(21)17-14-11(4)6-10(3)7-12(14)5/h6-7,9H,8H2,1-5H3,(H,17,21)(H,18,19,20). The average molecular weight is 318 g/mol. The summed E-state index contributed by atoms with van der Waals surface area (Å²) in [5.74, 6) is 1.39. The number of amides is 1. The molecule has 5 nitrogen and oxygen atoms in total. The van der Waals surface area contributed by atoms with Crippen LogP contribution in [0.4, 0.5) is 5.69 Å². The molecule has 2 rings (SSSR count). The van der Waals surface area contributed by atoms with Crippen molar-refractivity contribution in [3.63, 3.8) is 0 Å². The van der Waals surface area contributed by atoms with Crippen molar-refractivity contribution in [3.05, 3.63) is 34.6 Å². The van der Waals surface area contributed by atoms with Crippen LogP contribution in [0.2, 0.25) is 0 Å². The molecule has 1 aromatic carbocycles. The van der Waals surface area contributed by atoms with Gasteiger partial charge in [-0.1, -0.05) is 43.3 Å². The van der Waals surface area contributed by atoms with Gasteiger partial charge in [0.1, 0.15) is 5.82 Å². The van der Waals surface area contributed by atoms with Crippen molar-refractivity contribution in [2.75, 3.05) is 11.1 Å². The number of H-pyrrole nitrogens is 1. The van der Waals surface area contributed by atoms with E-state index >= 15 is 0 Å². The number of nitrogens with zero attached hydrogens (tertiary/aromatic N) is 2. The van der Waals surface area contributed by atoms with Crippen LogP contribution in [0.1, 0.15) is 42.3 Å². The van der Waals surface area contributed by atoms with Crippen LogP contribution in [-0.4, -0.2) is 26.8 Å². The molecule has 2 N–H and O–H groups in total. The summed E-state index contributed by atoms with van der Waals surface area (Å²) >= 11 is 1.34. The summed E-state index contributed by atoms with van der Waals surface area (Å²) in [5, 5.41) is 10.6. The monoisotopic (exact) mass is 318 g/mol. The van der Waals surface area contributed by atoms with E-state index in [0.29, 0.717) is 16.8 Å². The molecule has 0 saturated carbocycles. The number of carbonyl (C=O) groups excluding carboxylic acids is 1. The van der Waals surface area contributed by atoms with Crippen molar-refractivity contribution >= 4 is 23.4 Å². The van der Waals surface area contributed by atoms with Crippen molar-refractivity contribution in [2.45, 2.75) is 45.7 Å². The van der Waals surface area contributed by atoms with E-state index < -0.39 is 0 Å². The van der Waals surface area contributed by atoms with Gasteiger partial charge in [-0.3, -0.25) is 9.89 Å². The van der Waals surface area contributed by atoms with Crippen LogP contribution in [0.5, 0.6) is 0 Å². The molecule has 2 aromatic rings. The van der Waals surface area contributed by atoms with Crippen molar-refractivity contribution in [2.24, 2.45) is 0 Å². The lowest BCUT2D eigenvalue weighted by molar-refractivity contribution is -0.113. The third kappa shape index (κ3) is 4.10. The molecule has 22 heavy (non-hydrogen) atoms. The molecule has 0 aliphatic heterocycles. The molecule has 1 amide bonds. The van der Waals surface area contributed by atoms with Gasteiger partial charge in [0.15, 0.2) is 0 Å². The molecule has 0 atom stereocenters. The van der Waals surface area contributed by atoms with Gasteiger partial charge in [-0.15, -0.1) is 5.10 Å². The highest BCUT2D eigenvalue weighted by molar-refractivity contribution is 7.99. The van der Waals surface area contributed by atoms with E-state index in [1.54, 1.807) is 0 Å². The number of hydrogen-bond donors (Lipinski definition) is 2. The Balaban J connectivity index is 1.96. The molecule has 1 aromatic heterocycles. The zero-order valence-corrected chi connectivity index (χ0v) is 14.5. The molecular weight excluding hydrogens is 296 g/mol. The number of nitrogens with one attached hydrogen (secondary N) is 2. The predicted octanol–water partition coefficient (Wildman–Crippen LogP) is 3.58. The lowest BCUT2D eigenvalue weighted by atomic mass is 10.1. The minimum Gasteiger partial charge on any atom is -0.325 e. The second-order valence-corrected chi connectivity index (χ2v) is 6.71. The van der Waals surface area contributed by atoms with E-state index in [4.69, 9.17) is 0 Å². The highest BCUT2D eigenvalue weighted by Gasteiger charge is 2.11. The van der Waals surface area contributed by atoms with Crippen LogP contribution in [0.25, 0.3) is 0 Å². The van der Waals surface area contributed by atoms with Crippen LogP contribution in [0.3, 0.4) is 0 Å². The number of aromatic amines is 1. The Morgan fingerprint density at radius 1 is 1.27 bits per heavy atom. The van der Waals surface area contributed by atoms with E-state index in [-0.39, 0.29) is 5.91 Å². The van der Waals surface area contributed by atoms with Crippen molar-refractivity contribution in [3.8, 4) is 0 Å². The number of aromatic nitrogens is 3. The quantitative estimate of drug-likeness (QED) is 0.827. The second-order valence-electron chi connectivity index (χ2n) is 5.77. The molecule has 0 unspecified atom stereocenters. The first-order chi connectivity index (χ1) is 10.4. The van der Waals surface area contributed by atoms with E-state index in [1.807, 2.05) is 27.7 Å². The maximum atomic E-state index is 12.1. The number of anilines is 1. The van der Waals surface area contributed by atoms with Crippen molar-refractivity contribution in [1.29, 1.82) is 0 Å². The Hall–Kier alpha value is -1.82. The van der Waals surface area contributed by atoms with E-state index in [0.717, 1.165) is 22.6 Å². The SMILES string of the molecule is Cc1cc(C)c(NC(=O)CSc2n[nH]c(C(C)C)n2)c(C)c1. The van der Waals surface area contributed by atoms with Gasteiger partial charge in [0.2, 0.25) is 11.1 Å². The summed E-state index contributed by atoms with van der Waals surface area (Å²) in [7, 11) is 0. The first-order valence-electron chi connectivity index (χ1n) is 7.29. The molecular formula is C16H22N4OS. The summed E-state index contributed by atoms with van der Waals surface area (Å²) in [6, 6.07) is 4.14. The minimum atomic E-state index is -0.0454. The third-order valence-electron chi connectivity index (χ3n) is 3.30. The Bertz CT molecular complexity index is 656. The van der Waals surface area contributed by atoms with Gasteiger partial charge >= 0.3 is 0 Å². The fraction of sp³-hybridized carbons (Fsp3) is 0.438. The van der Waals surface area contributed by atoms with Crippen molar-refractivity contribution in [1.82, 2.24) is 15.2 Å². The van der Waals surface area contributed by atoms with Gasteiger partial charge in [0.05, 0.1) is 5.75 Å². The average Bonchev–Trinajstić information content (AvgIpc) is 2.89. The summed E-state index contributed by atoms with van der Waals surface area (Å²) in [6.07, 6.45) is 0. The van der Waals surface area contributed by atoms with Crippen LogP contribution in [-0.2, 0) is 4.79 Å². The van der Waals surface area contributed by atoms with Crippen LogP contribution < -0.4 is 5.32 Å². The Morgan fingerprint density at radius 2 is 1.91 bits per heavy atom. The summed E-state index contributed by atoms with van der Waals surface area (Å²) in [4.78, 5) is 16.5. The fourth-order valence-electron chi connectivity index (χ4n) is 2.26. The minimum absolute atomic E-state index is 0.0454. The van der Waals surface area contributed by atoms with E-state index in [2.05, 4.69) is 39.6 Å². The van der Waals surface area contributed by atoms with Gasteiger partial charge < -0.3 is 5.32 Å². The predicted molar refractivity (Wildman–Crippen MR) is 90.5 cm³/mol. The highest BCUT2D eigenvalue weighted by Crippen LogP contribution is 2.23. The largest absolute Gasteiger partial charge is 0.325 e. The second kappa shape index (κ2) is 6.96. The maximum absolute atomic E-state index is 12.1. The van der Waals surface area contributed by atoms with Crippen LogP contribution >= 0.6 is 11.8 Å². The normalized spacial score (nSPS) is 11.0. The van der Waals surface area contributed by atoms with Gasteiger partial charge in [0, 0.05) is 11.6 Å². The topological polar surface area (TPSA) is 70.7 Å². The Labute approximate surface area is 135 Å². The first kappa shape index (κ1) is 16.5. The molecule has 0 saturated heterocycles. The summed E-state index contributed by atoms with van der Waals surface area (Å²) in [5.41, 5.74) is 4.25. The van der Waals surface area contributed by atoms with Gasteiger partial charge in [-0.2, -0.15) is 0 Å². The fourth-order valence-corrected chi connectivity index (χ4v) is 2.87. The van der Waals surface area contributed by atoms with Gasteiger partial charge in [-0.05, 0) is 31.9 Å². The molecule has 0 aliphatic rings. The highest BCUT2D eigenvalue weighted by atomic mass is 32.2. The number of benzene rings is 1. The van der Waals surface area contributed by atoms with Gasteiger partial charge in [0.25, 0.3) is 0 Å². The van der Waals surface area contributed by atoms with Crippen LogP contribution in [0.15, 0.2) is 17.3 Å². The zero-order valence-electron chi connectivity index (χ0n) is 13.7. The van der Waals surface area contributed by atoms with E-state index in [1.165, 1.54) is 17.3 Å². The lowest BCUT2D eigenvalue weighted by Crippen LogP contribution is -2.16. The summed E-state index contributed by atoms with van der Waals surface area (Å²) < 4.78 is 0. The molecule has 0 aliphatic carbocycles. The maximum Gasteiger partial charge on any atom is 0.234 e. The number of carbonyl (C=O) groups is 1. The molecule has 0 fully saturated rings. The summed E-state index contributed by atoms with van der Waals surface area (Å²) in [6.45, 7) is 10.2. The smallest absolute Gasteiger partial charge is 0.234 e. The molecule has 118 valence electrons. The zero-order chi connectivity index (χ0) is 16.3. The number of rotatable bonds is 5. The Morgan fingerprint density at radius 3 is 2.45 bits per heavy atom. The van der Waals surface area contributed by atoms with Crippen molar-refractivity contribution < 1.29 is 4.79 Å². The molecule has 1 heterocycles. The number of thioether (sulfide) groups is 1. The molecule has 0 spiro atoms. The first-order valence-corrected chi connectivity index (χ1v) is 8.28.